The van der Waals surface area contributed by atoms with Gasteiger partial charge >= 0.3 is 11.8 Å². The Kier molecular flexibility index (Phi) is 5.55. The Balaban J connectivity index is 1.80. The second-order valence-electron chi connectivity index (χ2n) is 4.96. The molecule has 0 saturated heterocycles. The maximum absolute atomic E-state index is 11.8. The smallest absolute Gasteiger partial charge is 0.313 e. The van der Waals surface area contributed by atoms with Gasteiger partial charge in [0.1, 0.15) is 0 Å². The number of rotatable bonds is 4. The lowest BCUT2D eigenvalue weighted by molar-refractivity contribution is -0.136. The number of benzene rings is 2. The molecule has 2 aromatic carbocycles. The van der Waals surface area contributed by atoms with Crippen molar-refractivity contribution in [3.05, 3.63) is 64.7 Å². The molecule has 22 heavy (non-hydrogen) atoms. The average molecular weight is 317 g/mol. The van der Waals surface area contributed by atoms with E-state index in [1.54, 1.807) is 18.2 Å². The minimum Gasteiger partial charge on any atom is -0.347 e. The molecule has 114 valence electrons. The molecule has 0 heterocycles. The molecule has 0 aliphatic heterocycles. The molecule has 0 aromatic heterocycles. The molecule has 2 aromatic rings. The Morgan fingerprint density at radius 1 is 1.05 bits per heavy atom. The van der Waals surface area contributed by atoms with Gasteiger partial charge in [0.15, 0.2) is 0 Å². The fourth-order valence-corrected chi connectivity index (χ4v) is 2.22. The van der Waals surface area contributed by atoms with E-state index in [4.69, 9.17) is 11.6 Å². The van der Waals surface area contributed by atoms with Crippen molar-refractivity contribution in [3.8, 4) is 0 Å². The number of hydrogen-bond acceptors (Lipinski definition) is 2. The standard InChI is InChI=1S/C17H17ClN2O2/c1-12-4-2-7-15(10-12)20-17(22)16(21)19-9-8-13-5-3-6-14(18)11-13/h2-7,10-11H,8-9H2,1H3,(H,19,21)(H,20,22). The summed E-state index contributed by atoms with van der Waals surface area (Å²) >= 11 is 5.89. The highest BCUT2D eigenvalue weighted by Crippen LogP contribution is 2.11. The fraction of sp³-hybridized carbons (Fsp3) is 0.176. The number of nitrogens with one attached hydrogen (secondary N) is 2. The number of amides is 2. The third-order valence-electron chi connectivity index (χ3n) is 3.07. The summed E-state index contributed by atoms with van der Waals surface area (Å²) in [6.45, 7) is 2.29. The molecular formula is C17H17ClN2O2. The van der Waals surface area contributed by atoms with Crippen LogP contribution < -0.4 is 10.6 Å². The fourth-order valence-electron chi connectivity index (χ4n) is 2.00. The van der Waals surface area contributed by atoms with Gasteiger partial charge in [0.25, 0.3) is 0 Å². The van der Waals surface area contributed by atoms with Gasteiger partial charge in [0.2, 0.25) is 0 Å². The minimum absolute atomic E-state index is 0.375. The van der Waals surface area contributed by atoms with E-state index < -0.39 is 11.8 Å². The molecule has 2 rings (SSSR count). The normalized spacial score (nSPS) is 10.1. The summed E-state index contributed by atoms with van der Waals surface area (Å²) in [5.74, 6) is -1.32. The number of hydrogen-bond donors (Lipinski definition) is 2. The predicted octanol–water partition coefficient (Wildman–Crippen LogP) is 2.95. The van der Waals surface area contributed by atoms with Crippen molar-refractivity contribution in [3.63, 3.8) is 0 Å². The maximum Gasteiger partial charge on any atom is 0.313 e. The quantitative estimate of drug-likeness (QED) is 0.852. The zero-order valence-corrected chi connectivity index (χ0v) is 13.0. The summed E-state index contributed by atoms with van der Waals surface area (Å²) < 4.78 is 0. The molecule has 4 nitrogen and oxygen atoms in total. The summed E-state index contributed by atoms with van der Waals surface area (Å²) in [5, 5.41) is 5.81. The van der Waals surface area contributed by atoms with E-state index in [0.29, 0.717) is 23.7 Å². The summed E-state index contributed by atoms with van der Waals surface area (Å²) in [7, 11) is 0. The zero-order chi connectivity index (χ0) is 15.9. The molecule has 0 bridgehead atoms. The first kappa shape index (κ1) is 16.0. The SMILES string of the molecule is Cc1cccc(NC(=O)C(=O)NCCc2cccc(Cl)c2)c1. The van der Waals surface area contributed by atoms with E-state index in [1.807, 2.05) is 37.3 Å². The monoisotopic (exact) mass is 316 g/mol. The minimum atomic E-state index is -0.670. The predicted molar refractivity (Wildman–Crippen MR) is 88.0 cm³/mol. The summed E-state index contributed by atoms with van der Waals surface area (Å²) in [6, 6.07) is 14.7. The van der Waals surface area contributed by atoms with Gasteiger partial charge in [-0.05, 0) is 48.7 Å². The van der Waals surface area contributed by atoms with Gasteiger partial charge in [-0.1, -0.05) is 35.9 Å². The summed E-state index contributed by atoms with van der Waals surface area (Å²) in [4.78, 5) is 23.5. The number of aryl methyl sites for hydroxylation is 1. The van der Waals surface area contributed by atoms with Gasteiger partial charge in [0, 0.05) is 17.3 Å². The summed E-state index contributed by atoms with van der Waals surface area (Å²) in [5.41, 5.74) is 2.63. The van der Waals surface area contributed by atoms with Crippen molar-refractivity contribution in [1.29, 1.82) is 0 Å². The van der Waals surface area contributed by atoms with Crippen molar-refractivity contribution in [2.75, 3.05) is 11.9 Å². The van der Waals surface area contributed by atoms with Gasteiger partial charge in [-0.15, -0.1) is 0 Å². The summed E-state index contributed by atoms with van der Waals surface area (Å²) in [6.07, 6.45) is 0.615. The van der Waals surface area contributed by atoms with Gasteiger partial charge in [-0.25, -0.2) is 0 Å². The number of halogens is 1. The van der Waals surface area contributed by atoms with Crippen LogP contribution in [0.1, 0.15) is 11.1 Å². The molecular weight excluding hydrogens is 300 g/mol. The van der Waals surface area contributed by atoms with Crippen LogP contribution in [0.4, 0.5) is 5.69 Å². The zero-order valence-electron chi connectivity index (χ0n) is 12.2. The van der Waals surface area contributed by atoms with Gasteiger partial charge in [0.05, 0.1) is 0 Å². The van der Waals surface area contributed by atoms with Crippen LogP contribution in [0.3, 0.4) is 0 Å². The first-order valence-corrected chi connectivity index (χ1v) is 7.33. The largest absolute Gasteiger partial charge is 0.347 e. The van der Waals surface area contributed by atoms with Gasteiger partial charge in [-0.3, -0.25) is 9.59 Å². The molecule has 0 saturated carbocycles. The Morgan fingerprint density at radius 3 is 2.55 bits per heavy atom. The van der Waals surface area contributed by atoms with Gasteiger partial charge < -0.3 is 10.6 Å². The van der Waals surface area contributed by atoms with E-state index in [-0.39, 0.29) is 0 Å². The lowest BCUT2D eigenvalue weighted by atomic mass is 10.1. The number of carbonyl (C=O) groups excluding carboxylic acids is 2. The Labute approximate surface area is 134 Å². The molecule has 0 aliphatic rings. The van der Waals surface area contributed by atoms with E-state index in [9.17, 15) is 9.59 Å². The van der Waals surface area contributed by atoms with Crippen LogP contribution in [0.15, 0.2) is 48.5 Å². The van der Waals surface area contributed by atoms with E-state index in [2.05, 4.69) is 10.6 Å². The highest BCUT2D eigenvalue weighted by atomic mass is 35.5. The van der Waals surface area contributed by atoms with E-state index >= 15 is 0 Å². The second kappa shape index (κ2) is 7.61. The van der Waals surface area contributed by atoms with Gasteiger partial charge in [-0.2, -0.15) is 0 Å². The first-order chi connectivity index (χ1) is 10.5. The van der Waals surface area contributed by atoms with Crippen LogP contribution in [0.2, 0.25) is 5.02 Å². The third-order valence-corrected chi connectivity index (χ3v) is 3.31. The van der Waals surface area contributed by atoms with E-state index in [0.717, 1.165) is 11.1 Å². The molecule has 0 fully saturated rings. The maximum atomic E-state index is 11.8. The average Bonchev–Trinajstić information content (AvgIpc) is 2.47. The Hall–Kier alpha value is -2.33. The van der Waals surface area contributed by atoms with Crippen LogP contribution in [-0.4, -0.2) is 18.4 Å². The number of anilines is 1. The van der Waals surface area contributed by atoms with E-state index in [1.165, 1.54) is 0 Å². The van der Waals surface area contributed by atoms with Crippen LogP contribution >= 0.6 is 11.6 Å². The number of carbonyl (C=O) groups is 2. The Morgan fingerprint density at radius 2 is 1.82 bits per heavy atom. The van der Waals surface area contributed by atoms with Crippen LogP contribution in [0.25, 0.3) is 0 Å². The van der Waals surface area contributed by atoms with Crippen molar-refractivity contribution < 1.29 is 9.59 Å². The molecule has 0 aliphatic carbocycles. The van der Waals surface area contributed by atoms with Crippen LogP contribution in [0.5, 0.6) is 0 Å². The van der Waals surface area contributed by atoms with Crippen molar-refractivity contribution >= 4 is 29.1 Å². The molecule has 5 heteroatoms. The van der Waals surface area contributed by atoms with Crippen molar-refractivity contribution in [1.82, 2.24) is 5.32 Å². The molecule has 2 amide bonds. The lowest BCUT2D eigenvalue weighted by Crippen LogP contribution is -2.36. The molecule has 0 unspecified atom stereocenters. The third kappa shape index (κ3) is 4.90. The lowest BCUT2D eigenvalue weighted by Gasteiger charge is -2.07. The molecule has 0 radical (unpaired) electrons. The Bertz CT molecular complexity index is 686. The molecule has 0 spiro atoms. The van der Waals surface area contributed by atoms with Crippen LogP contribution in [0, 0.1) is 6.92 Å². The highest BCUT2D eigenvalue weighted by molar-refractivity contribution is 6.39. The topological polar surface area (TPSA) is 58.2 Å². The van der Waals surface area contributed by atoms with Crippen molar-refractivity contribution in [2.45, 2.75) is 13.3 Å². The highest BCUT2D eigenvalue weighted by Gasteiger charge is 2.12. The van der Waals surface area contributed by atoms with Crippen LogP contribution in [-0.2, 0) is 16.0 Å². The second-order valence-corrected chi connectivity index (χ2v) is 5.40. The molecule has 0 atom stereocenters. The molecule has 2 N–H and O–H groups in total. The van der Waals surface area contributed by atoms with Crippen molar-refractivity contribution in [2.24, 2.45) is 0 Å². The first-order valence-electron chi connectivity index (χ1n) is 6.95.